The molecular weight excluding hydrogens is 448 g/mol. The van der Waals surface area contributed by atoms with Gasteiger partial charge in [-0.2, -0.15) is 0 Å². The first-order chi connectivity index (χ1) is 16.6. The van der Waals surface area contributed by atoms with Crippen LogP contribution in [-0.2, 0) is 4.79 Å². The number of hydrogen-bond donors (Lipinski definition) is 2. The van der Waals surface area contributed by atoms with E-state index in [-0.39, 0.29) is 17.6 Å². The SMILES string of the molecule is Cc1ccccc1NC(=O)c1ccc(NC(=O)CSc2nc3ccccc3n3cnnc23)cc1. The maximum atomic E-state index is 12.5. The third-order valence-electron chi connectivity index (χ3n) is 5.27. The Morgan fingerprint density at radius 3 is 2.53 bits per heavy atom. The van der Waals surface area contributed by atoms with Crippen LogP contribution in [0.5, 0.6) is 0 Å². The van der Waals surface area contributed by atoms with Crippen LogP contribution >= 0.6 is 11.8 Å². The normalized spacial score (nSPS) is 11.0. The lowest BCUT2D eigenvalue weighted by Crippen LogP contribution is -2.15. The van der Waals surface area contributed by atoms with Crippen LogP contribution in [0.3, 0.4) is 0 Å². The van der Waals surface area contributed by atoms with Gasteiger partial charge < -0.3 is 10.6 Å². The van der Waals surface area contributed by atoms with E-state index in [2.05, 4.69) is 25.8 Å². The fraction of sp³-hybridized carbons (Fsp3) is 0.0800. The van der Waals surface area contributed by atoms with Crippen LogP contribution in [0.4, 0.5) is 11.4 Å². The van der Waals surface area contributed by atoms with Crippen molar-refractivity contribution in [3.8, 4) is 0 Å². The summed E-state index contributed by atoms with van der Waals surface area (Å²) >= 11 is 1.30. The van der Waals surface area contributed by atoms with E-state index in [9.17, 15) is 9.59 Å². The molecule has 5 aromatic rings. The van der Waals surface area contributed by atoms with Gasteiger partial charge in [0.25, 0.3) is 5.91 Å². The quantitative estimate of drug-likeness (QED) is 0.354. The van der Waals surface area contributed by atoms with Gasteiger partial charge in [0, 0.05) is 16.9 Å². The molecule has 0 aliphatic rings. The number of nitrogens with one attached hydrogen (secondary N) is 2. The Balaban J connectivity index is 1.22. The molecule has 0 unspecified atom stereocenters. The molecule has 0 spiro atoms. The predicted molar refractivity (Wildman–Crippen MR) is 133 cm³/mol. The summed E-state index contributed by atoms with van der Waals surface area (Å²) in [5.41, 5.74) is 5.19. The molecule has 34 heavy (non-hydrogen) atoms. The molecule has 0 aliphatic carbocycles. The molecule has 8 nitrogen and oxygen atoms in total. The molecule has 0 bridgehead atoms. The van der Waals surface area contributed by atoms with Gasteiger partial charge in [0.1, 0.15) is 11.4 Å². The van der Waals surface area contributed by atoms with E-state index in [1.54, 1.807) is 30.6 Å². The third-order valence-corrected chi connectivity index (χ3v) is 6.22. The Kier molecular flexibility index (Phi) is 5.92. The Morgan fingerprint density at radius 1 is 0.941 bits per heavy atom. The van der Waals surface area contributed by atoms with Gasteiger partial charge in [-0.1, -0.05) is 42.1 Å². The first kappa shape index (κ1) is 21.6. The molecule has 0 saturated carbocycles. The van der Waals surface area contributed by atoms with E-state index in [4.69, 9.17) is 0 Å². The number of hydrogen-bond acceptors (Lipinski definition) is 6. The van der Waals surface area contributed by atoms with E-state index in [0.29, 0.717) is 21.9 Å². The van der Waals surface area contributed by atoms with E-state index >= 15 is 0 Å². The maximum Gasteiger partial charge on any atom is 0.255 e. The summed E-state index contributed by atoms with van der Waals surface area (Å²) in [6.07, 6.45) is 1.64. The zero-order valence-electron chi connectivity index (χ0n) is 18.2. The highest BCUT2D eigenvalue weighted by molar-refractivity contribution is 8.00. The number of nitrogens with zero attached hydrogens (tertiary/aromatic N) is 4. The summed E-state index contributed by atoms with van der Waals surface area (Å²) < 4.78 is 1.86. The second-order valence-corrected chi connectivity index (χ2v) is 8.58. The summed E-state index contributed by atoms with van der Waals surface area (Å²) in [6.45, 7) is 1.94. The fourth-order valence-corrected chi connectivity index (χ4v) is 4.29. The highest BCUT2D eigenvalue weighted by atomic mass is 32.2. The third kappa shape index (κ3) is 4.46. The molecule has 168 valence electrons. The lowest BCUT2D eigenvalue weighted by Gasteiger charge is -2.09. The number of anilines is 2. The summed E-state index contributed by atoms with van der Waals surface area (Å²) in [7, 11) is 0. The van der Waals surface area contributed by atoms with Crippen LogP contribution in [0.1, 0.15) is 15.9 Å². The average Bonchev–Trinajstić information content (AvgIpc) is 3.35. The minimum Gasteiger partial charge on any atom is -0.325 e. The Bertz CT molecular complexity index is 1510. The Morgan fingerprint density at radius 2 is 1.71 bits per heavy atom. The summed E-state index contributed by atoms with van der Waals surface area (Å²) in [6, 6.07) is 22.1. The zero-order valence-corrected chi connectivity index (χ0v) is 19.0. The van der Waals surface area contributed by atoms with Gasteiger partial charge >= 0.3 is 0 Å². The van der Waals surface area contributed by atoms with Gasteiger partial charge in [0.2, 0.25) is 5.91 Å². The van der Waals surface area contributed by atoms with Crippen molar-refractivity contribution in [3.05, 3.63) is 90.3 Å². The number of thioether (sulfide) groups is 1. The maximum absolute atomic E-state index is 12.5. The number of carbonyl (C=O) groups is 2. The average molecular weight is 469 g/mol. The predicted octanol–water partition coefficient (Wildman–Crippen LogP) is 4.57. The fourth-order valence-electron chi connectivity index (χ4n) is 3.52. The van der Waals surface area contributed by atoms with E-state index in [0.717, 1.165) is 22.3 Å². The van der Waals surface area contributed by atoms with Crippen LogP contribution in [0.15, 0.2) is 84.1 Å². The molecule has 3 aromatic carbocycles. The second-order valence-electron chi connectivity index (χ2n) is 7.61. The summed E-state index contributed by atoms with van der Waals surface area (Å²) in [5, 5.41) is 14.5. The Hall–Kier alpha value is -4.24. The number of benzene rings is 3. The van der Waals surface area contributed by atoms with Crippen LogP contribution in [0.25, 0.3) is 16.7 Å². The topological polar surface area (TPSA) is 101 Å². The number of amides is 2. The number of carbonyl (C=O) groups excluding carboxylic acids is 2. The van der Waals surface area contributed by atoms with E-state index in [1.807, 2.05) is 59.9 Å². The van der Waals surface area contributed by atoms with Crippen molar-refractivity contribution in [2.75, 3.05) is 16.4 Å². The lowest BCUT2D eigenvalue weighted by atomic mass is 10.1. The van der Waals surface area contributed by atoms with Gasteiger partial charge in [0.15, 0.2) is 5.65 Å². The van der Waals surface area contributed by atoms with Crippen LogP contribution in [0.2, 0.25) is 0 Å². The van der Waals surface area contributed by atoms with Gasteiger partial charge in [-0.25, -0.2) is 4.98 Å². The van der Waals surface area contributed by atoms with Crippen LogP contribution in [0, 0.1) is 6.92 Å². The molecule has 9 heteroatoms. The molecule has 2 N–H and O–H groups in total. The number of para-hydroxylation sites is 3. The number of rotatable bonds is 6. The van der Waals surface area contributed by atoms with E-state index in [1.165, 1.54) is 11.8 Å². The summed E-state index contributed by atoms with van der Waals surface area (Å²) in [5.74, 6) is -0.235. The minimum absolute atomic E-state index is 0.156. The largest absolute Gasteiger partial charge is 0.325 e. The first-order valence-corrected chi connectivity index (χ1v) is 11.6. The highest BCUT2D eigenvalue weighted by Crippen LogP contribution is 2.24. The van der Waals surface area contributed by atoms with Crippen molar-refractivity contribution >= 4 is 51.6 Å². The number of aryl methyl sites for hydroxylation is 1. The first-order valence-electron chi connectivity index (χ1n) is 10.6. The van der Waals surface area contributed by atoms with Gasteiger partial charge in [0.05, 0.1) is 16.8 Å². The molecule has 0 fully saturated rings. The standard InChI is InChI=1S/C25H20N6O2S/c1-16-6-2-3-7-19(16)28-24(33)17-10-12-18(13-11-17)27-22(32)14-34-25-23-30-26-15-31(23)21-9-5-4-8-20(21)29-25/h2-13,15H,14H2,1H3,(H,27,32)(H,28,33). The van der Waals surface area contributed by atoms with Gasteiger partial charge in [-0.05, 0) is 55.0 Å². The lowest BCUT2D eigenvalue weighted by molar-refractivity contribution is -0.113. The summed E-state index contributed by atoms with van der Waals surface area (Å²) in [4.78, 5) is 29.7. The molecule has 0 atom stereocenters. The molecule has 0 saturated heterocycles. The van der Waals surface area contributed by atoms with Crippen molar-refractivity contribution in [2.45, 2.75) is 11.9 Å². The molecule has 2 amide bonds. The molecule has 5 rings (SSSR count). The molecular formula is C25H20N6O2S. The Labute approximate surface area is 199 Å². The van der Waals surface area contributed by atoms with Crippen LogP contribution in [-0.4, -0.2) is 37.1 Å². The van der Waals surface area contributed by atoms with Crippen molar-refractivity contribution in [1.82, 2.24) is 19.6 Å². The van der Waals surface area contributed by atoms with Gasteiger partial charge in [-0.15, -0.1) is 10.2 Å². The van der Waals surface area contributed by atoms with Crippen molar-refractivity contribution in [1.29, 1.82) is 0 Å². The number of aromatic nitrogens is 4. The smallest absolute Gasteiger partial charge is 0.255 e. The second kappa shape index (κ2) is 9.32. The van der Waals surface area contributed by atoms with E-state index < -0.39 is 0 Å². The number of fused-ring (bicyclic) bond motifs is 3. The molecule has 0 radical (unpaired) electrons. The van der Waals surface area contributed by atoms with Crippen molar-refractivity contribution < 1.29 is 9.59 Å². The molecule has 2 heterocycles. The highest BCUT2D eigenvalue weighted by Gasteiger charge is 2.13. The minimum atomic E-state index is -0.206. The van der Waals surface area contributed by atoms with Gasteiger partial charge in [-0.3, -0.25) is 14.0 Å². The van der Waals surface area contributed by atoms with Crippen molar-refractivity contribution in [2.24, 2.45) is 0 Å². The monoisotopic (exact) mass is 468 g/mol. The zero-order chi connectivity index (χ0) is 23.5. The van der Waals surface area contributed by atoms with Crippen LogP contribution < -0.4 is 10.6 Å². The molecule has 0 aliphatic heterocycles. The van der Waals surface area contributed by atoms with Crippen molar-refractivity contribution in [3.63, 3.8) is 0 Å². The molecule has 2 aromatic heterocycles.